The Bertz CT molecular complexity index is 1120. The van der Waals surface area contributed by atoms with E-state index in [0.717, 1.165) is 24.1 Å². The molecule has 3 rings (SSSR count). The lowest BCUT2D eigenvalue weighted by Gasteiger charge is -2.32. The van der Waals surface area contributed by atoms with Crippen LogP contribution in [0.5, 0.6) is 0 Å². The molecular formula is C26H33N3O2. The molecule has 3 aromatic rings. The monoisotopic (exact) mass is 419 g/mol. The van der Waals surface area contributed by atoms with Gasteiger partial charge >= 0.3 is 0 Å². The number of fused-ring (bicyclic) bond motifs is 1. The van der Waals surface area contributed by atoms with E-state index in [1.54, 1.807) is 4.57 Å². The molecule has 0 aliphatic heterocycles. The first-order valence-electron chi connectivity index (χ1n) is 11.3. The fraction of sp³-hybridized carbons (Fsp3) is 0.423. The zero-order valence-corrected chi connectivity index (χ0v) is 19.3. The van der Waals surface area contributed by atoms with Crippen LogP contribution in [0, 0.1) is 5.92 Å². The van der Waals surface area contributed by atoms with Crippen molar-refractivity contribution >= 4 is 16.8 Å². The fourth-order valence-corrected chi connectivity index (χ4v) is 4.06. The summed E-state index contributed by atoms with van der Waals surface area (Å²) in [6, 6.07) is 15.0. The molecule has 1 atom stereocenters. The van der Waals surface area contributed by atoms with Gasteiger partial charge in [-0.3, -0.25) is 14.2 Å². The van der Waals surface area contributed by atoms with Crippen molar-refractivity contribution in [1.29, 1.82) is 0 Å². The maximum atomic E-state index is 13.7. The van der Waals surface area contributed by atoms with Crippen LogP contribution in [0.1, 0.15) is 64.9 Å². The normalized spacial score (nSPS) is 12.3. The van der Waals surface area contributed by atoms with Gasteiger partial charge in [-0.15, -0.1) is 0 Å². The molecule has 31 heavy (non-hydrogen) atoms. The Hall–Kier alpha value is -2.95. The van der Waals surface area contributed by atoms with Gasteiger partial charge in [-0.1, -0.05) is 58.0 Å². The van der Waals surface area contributed by atoms with Crippen LogP contribution in [0.25, 0.3) is 16.6 Å². The second-order valence-corrected chi connectivity index (χ2v) is 8.48. The van der Waals surface area contributed by atoms with E-state index in [1.807, 2.05) is 67.3 Å². The second kappa shape index (κ2) is 9.90. The molecule has 0 bridgehead atoms. The van der Waals surface area contributed by atoms with Gasteiger partial charge in [0.15, 0.2) is 0 Å². The van der Waals surface area contributed by atoms with Crippen LogP contribution in [0.15, 0.2) is 53.3 Å². The molecule has 0 aliphatic carbocycles. The smallest absolute Gasteiger partial charge is 0.266 e. The van der Waals surface area contributed by atoms with Crippen LogP contribution in [0.2, 0.25) is 0 Å². The average molecular weight is 420 g/mol. The summed E-state index contributed by atoms with van der Waals surface area (Å²) in [5.41, 5.74) is 2.47. The van der Waals surface area contributed by atoms with E-state index < -0.39 is 0 Å². The van der Waals surface area contributed by atoms with Crippen molar-refractivity contribution in [1.82, 2.24) is 14.5 Å². The molecule has 0 N–H and O–H groups in total. The highest BCUT2D eigenvalue weighted by Crippen LogP contribution is 2.26. The van der Waals surface area contributed by atoms with Gasteiger partial charge in [0.25, 0.3) is 5.56 Å². The minimum atomic E-state index is -0.330. The Kier molecular flexibility index (Phi) is 7.26. The molecule has 0 saturated carbocycles. The first kappa shape index (κ1) is 22.7. The minimum Gasteiger partial charge on any atom is -0.333 e. The largest absolute Gasteiger partial charge is 0.333 e. The molecule has 1 unspecified atom stereocenters. The molecule has 1 aromatic heterocycles. The van der Waals surface area contributed by atoms with Gasteiger partial charge in [-0.05, 0) is 49.4 Å². The molecule has 0 spiro atoms. The SMILES string of the molecule is CCCC(=O)N(CC(C)C)C(C)c1nc2ccccc2c(=O)n1-c1ccccc1CC. The summed E-state index contributed by atoms with van der Waals surface area (Å²) in [4.78, 5) is 33.5. The van der Waals surface area contributed by atoms with Crippen molar-refractivity contribution in [2.24, 2.45) is 5.92 Å². The lowest BCUT2D eigenvalue weighted by atomic mass is 10.1. The predicted octanol–water partition coefficient (Wildman–Crippen LogP) is 5.29. The Morgan fingerprint density at radius 1 is 1.03 bits per heavy atom. The third-order valence-electron chi connectivity index (χ3n) is 5.60. The molecule has 0 fully saturated rings. The topological polar surface area (TPSA) is 55.2 Å². The van der Waals surface area contributed by atoms with E-state index in [9.17, 15) is 9.59 Å². The Morgan fingerprint density at radius 3 is 2.39 bits per heavy atom. The van der Waals surface area contributed by atoms with Gasteiger partial charge in [-0.2, -0.15) is 0 Å². The summed E-state index contributed by atoms with van der Waals surface area (Å²) in [5, 5.41) is 0.583. The van der Waals surface area contributed by atoms with Gasteiger partial charge < -0.3 is 4.90 Å². The maximum Gasteiger partial charge on any atom is 0.266 e. The second-order valence-electron chi connectivity index (χ2n) is 8.48. The number of hydrogen-bond donors (Lipinski definition) is 0. The number of aryl methyl sites for hydroxylation is 1. The summed E-state index contributed by atoms with van der Waals surface area (Å²) in [7, 11) is 0. The highest BCUT2D eigenvalue weighted by atomic mass is 16.2. The minimum absolute atomic E-state index is 0.0965. The summed E-state index contributed by atoms with van der Waals surface area (Å²) < 4.78 is 1.72. The van der Waals surface area contributed by atoms with Crippen LogP contribution >= 0.6 is 0 Å². The zero-order chi connectivity index (χ0) is 22.5. The summed E-state index contributed by atoms with van der Waals surface area (Å²) in [6.45, 7) is 10.9. The Balaban J connectivity index is 2.29. The van der Waals surface area contributed by atoms with Crippen LogP contribution in [-0.4, -0.2) is 26.9 Å². The molecule has 2 aromatic carbocycles. The number of para-hydroxylation sites is 2. The fourth-order valence-electron chi connectivity index (χ4n) is 4.06. The van der Waals surface area contributed by atoms with Gasteiger partial charge in [0.05, 0.1) is 22.6 Å². The van der Waals surface area contributed by atoms with Crippen molar-refractivity contribution in [2.75, 3.05) is 6.54 Å². The van der Waals surface area contributed by atoms with Crippen molar-refractivity contribution in [3.63, 3.8) is 0 Å². The number of carbonyl (C=O) groups is 1. The summed E-state index contributed by atoms with van der Waals surface area (Å²) in [6.07, 6.45) is 2.07. The maximum absolute atomic E-state index is 13.7. The highest BCUT2D eigenvalue weighted by Gasteiger charge is 2.27. The molecule has 5 heteroatoms. The van der Waals surface area contributed by atoms with Crippen molar-refractivity contribution < 1.29 is 4.79 Å². The van der Waals surface area contributed by atoms with E-state index in [0.29, 0.717) is 35.6 Å². The first-order valence-corrected chi connectivity index (χ1v) is 11.3. The van der Waals surface area contributed by atoms with Crippen molar-refractivity contribution in [3.05, 3.63) is 70.3 Å². The van der Waals surface area contributed by atoms with Gasteiger partial charge in [0.2, 0.25) is 5.91 Å². The third-order valence-corrected chi connectivity index (χ3v) is 5.60. The van der Waals surface area contributed by atoms with Gasteiger partial charge in [-0.25, -0.2) is 4.98 Å². The Morgan fingerprint density at radius 2 is 1.71 bits per heavy atom. The number of amides is 1. The van der Waals surface area contributed by atoms with Crippen molar-refractivity contribution in [3.8, 4) is 5.69 Å². The van der Waals surface area contributed by atoms with E-state index in [1.165, 1.54) is 0 Å². The predicted molar refractivity (Wildman–Crippen MR) is 127 cm³/mol. The average Bonchev–Trinajstić information content (AvgIpc) is 2.77. The number of aromatic nitrogens is 2. The molecule has 164 valence electrons. The standard InChI is InChI=1S/C26H33N3O2/c1-6-12-24(30)28(17-18(3)4)19(5)25-27-22-15-10-9-14-21(22)26(31)29(25)23-16-11-8-13-20(23)7-2/h8-11,13-16,18-19H,6-7,12,17H2,1-5H3. The molecule has 0 radical (unpaired) electrons. The van der Waals surface area contributed by atoms with E-state index in [-0.39, 0.29) is 17.5 Å². The number of benzene rings is 2. The van der Waals surface area contributed by atoms with E-state index in [4.69, 9.17) is 4.98 Å². The van der Waals surface area contributed by atoms with Crippen LogP contribution in [0.4, 0.5) is 0 Å². The molecule has 0 saturated heterocycles. The molecule has 1 heterocycles. The van der Waals surface area contributed by atoms with E-state index in [2.05, 4.69) is 20.8 Å². The molecule has 5 nitrogen and oxygen atoms in total. The van der Waals surface area contributed by atoms with Crippen molar-refractivity contribution in [2.45, 2.75) is 59.9 Å². The van der Waals surface area contributed by atoms with Crippen LogP contribution in [0.3, 0.4) is 0 Å². The quantitative estimate of drug-likeness (QED) is 0.498. The summed E-state index contributed by atoms with van der Waals surface area (Å²) >= 11 is 0. The zero-order valence-electron chi connectivity index (χ0n) is 19.3. The lowest BCUT2D eigenvalue weighted by Crippen LogP contribution is -2.39. The van der Waals surface area contributed by atoms with Gasteiger partial charge in [0.1, 0.15) is 5.82 Å². The molecule has 0 aliphatic rings. The molecule has 1 amide bonds. The van der Waals surface area contributed by atoms with Crippen LogP contribution in [-0.2, 0) is 11.2 Å². The number of nitrogens with zero attached hydrogens (tertiary/aromatic N) is 3. The van der Waals surface area contributed by atoms with E-state index >= 15 is 0 Å². The first-order chi connectivity index (χ1) is 14.9. The molecular weight excluding hydrogens is 386 g/mol. The third kappa shape index (κ3) is 4.71. The number of carbonyl (C=O) groups excluding carboxylic acids is 1. The summed E-state index contributed by atoms with van der Waals surface area (Å²) in [5.74, 6) is 1.02. The number of rotatable bonds is 8. The van der Waals surface area contributed by atoms with Gasteiger partial charge in [0, 0.05) is 13.0 Å². The highest BCUT2D eigenvalue weighted by molar-refractivity contribution is 5.79. The Labute approximate surface area is 184 Å². The number of hydrogen-bond acceptors (Lipinski definition) is 3. The van der Waals surface area contributed by atoms with Crippen LogP contribution < -0.4 is 5.56 Å². The lowest BCUT2D eigenvalue weighted by molar-refractivity contribution is -0.134.